The summed E-state index contributed by atoms with van der Waals surface area (Å²) in [5.41, 5.74) is 3.48. The fourth-order valence-corrected chi connectivity index (χ4v) is 3.74. The molecule has 26 heavy (non-hydrogen) atoms. The number of hydrogen-bond donors (Lipinski definition) is 2. The van der Waals surface area contributed by atoms with Gasteiger partial charge in [0.1, 0.15) is 5.82 Å². The highest BCUT2D eigenvalue weighted by molar-refractivity contribution is 5.60. The molecule has 2 N–H and O–H groups in total. The lowest BCUT2D eigenvalue weighted by Crippen LogP contribution is -2.48. The lowest BCUT2D eigenvalue weighted by Gasteiger charge is -2.36. The third kappa shape index (κ3) is 3.70. The van der Waals surface area contributed by atoms with Gasteiger partial charge in [-0.15, -0.1) is 0 Å². The van der Waals surface area contributed by atoms with Gasteiger partial charge in [-0.1, -0.05) is 0 Å². The van der Waals surface area contributed by atoms with Crippen LogP contribution in [0.5, 0.6) is 0 Å². The van der Waals surface area contributed by atoms with Crippen LogP contribution in [0, 0.1) is 0 Å². The summed E-state index contributed by atoms with van der Waals surface area (Å²) in [4.78, 5) is 18.7. The van der Waals surface area contributed by atoms with E-state index in [0.717, 1.165) is 75.9 Å². The van der Waals surface area contributed by atoms with E-state index < -0.39 is 0 Å². The summed E-state index contributed by atoms with van der Waals surface area (Å²) >= 11 is 0. The first-order valence-electron chi connectivity index (χ1n) is 9.44. The van der Waals surface area contributed by atoms with E-state index in [-0.39, 0.29) is 6.61 Å². The molecule has 0 amide bonds. The van der Waals surface area contributed by atoms with Gasteiger partial charge >= 0.3 is 0 Å². The van der Waals surface area contributed by atoms with Gasteiger partial charge in [-0.3, -0.25) is 9.88 Å². The Kier molecular flexibility index (Phi) is 5.38. The fraction of sp³-hybridized carbons (Fsp3) is 0.526. The number of piperazine rings is 1. The SMILES string of the molecule is OCCN1CCN(c2nc(-c3ccncc3)nc3c2CCNCC3)CC1. The average molecular weight is 354 g/mol. The molecule has 2 aliphatic heterocycles. The number of fused-ring (bicyclic) bond motifs is 1. The summed E-state index contributed by atoms with van der Waals surface area (Å²) in [6, 6.07) is 3.94. The van der Waals surface area contributed by atoms with E-state index in [1.165, 1.54) is 11.3 Å². The fourth-order valence-electron chi connectivity index (χ4n) is 3.74. The molecule has 7 nitrogen and oxygen atoms in total. The molecule has 0 spiro atoms. The largest absolute Gasteiger partial charge is 0.395 e. The van der Waals surface area contributed by atoms with Crippen LogP contribution in [0.4, 0.5) is 5.82 Å². The molecular formula is C19H26N6O. The molecule has 1 fully saturated rings. The van der Waals surface area contributed by atoms with Gasteiger partial charge in [0, 0.05) is 69.2 Å². The Labute approximate surface area is 154 Å². The van der Waals surface area contributed by atoms with E-state index in [1.54, 1.807) is 12.4 Å². The second-order valence-electron chi connectivity index (χ2n) is 6.83. The summed E-state index contributed by atoms with van der Waals surface area (Å²) in [6.07, 6.45) is 5.49. The monoisotopic (exact) mass is 354 g/mol. The van der Waals surface area contributed by atoms with Crippen molar-refractivity contribution in [3.05, 3.63) is 35.8 Å². The number of nitrogens with zero attached hydrogens (tertiary/aromatic N) is 5. The van der Waals surface area contributed by atoms with Crippen LogP contribution in [0.3, 0.4) is 0 Å². The van der Waals surface area contributed by atoms with E-state index in [1.807, 2.05) is 12.1 Å². The average Bonchev–Trinajstić information content (AvgIpc) is 2.94. The lowest BCUT2D eigenvalue weighted by atomic mass is 10.1. The number of rotatable bonds is 4. The molecular weight excluding hydrogens is 328 g/mol. The highest BCUT2D eigenvalue weighted by Crippen LogP contribution is 2.27. The number of aliphatic hydroxyl groups excluding tert-OH is 1. The Bertz CT molecular complexity index is 730. The second-order valence-corrected chi connectivity index (χ2v) is 6.83. The first kappa shape index (κ1) is 17.3. The molecule has 0 saturated carbocycles. The number of aliphatic hydroxyl groups is 1. The van der Waals surface area contributed by atoms with Crippen molar-refractivity contribution >= 4 is 5.82 Å². The minimum Gasteiger partial charge on any atom is -0.395 e. The zero-order chi connectivity index (χ0) is 17.8. The third-order valence-corrected chi connectivity index (χ3v) is 5.19. The Morgan fingerprint density at radius 2 is 1.77 bits per heavy atom. The molecule has 2 aliphatic rings. The standard InChI is InChI=1S/C19H26N6O/c26-14-13-24-9-11-25(12-10-24)19-16-3-7-21-8-4-17(16)22-18(23-19)15-1-5-20-6-2-15/h1-2,5-6,21,26H,3-4,7-14H2. The van der Waals surface area contributed by atoms with Gasteiger partial charge in [-0.2, -0.15) is 0 Å². The maximum atomic E-state index is 9.17. The summed E-state index contributed by atoms with van der Waals surface area (Å²) < 4.78 is 0. The number of nitrogens with one attached hydrogen (secondary N) is 1. The van der Waals surface area contributed by atoms with Crippen molar-refractivity contribution in [3.8, 4) is 11.4 Å². The predicted octanol–water partition coefficient (Wildman–Crippen LogP) is 0.341. The highest BCUT2D eigenvalue weighted by atomic mass is 16.3. The molecule has 138 valence electrons. The van der Waals surface area contributed by atoms with Gasteiger partial charge in [0.2, 0.25) is 0 Å². The molecule has 2 aromatic heterocycles. The molecule has 2 aromatic rings. The molecule has 4 heterocycles. The van der Waals surface area contributed by atoms with E-state index in [2.05, 4.69) is 20.1 Å². The quantitative estimate of drug-likeness (QED) is 0.820. The predicted molar refractivity (Wildman–Crippen MR) is 101 cm³/mol. The molecule has 0 aromatic carbocycles. The number of pyridine rings is 1. The number of β-amino-alcohol motifs (C(OH)–C–C–N with tert-alkyl or cyclic N) is 1. The smallest absolute Gasteiger partial charge is 0.161 e. The number of aromatic nitrogens is 3. The van der Waals surface area contributed by atoms with Gasteiger partial charge < -0.3 is 15.3 Å². The maximum absolute atomic E-state index is 9.17. The Hall–Kier alpha value is -2.09. The van der Waals surface area contributed by atoms with Gasteiger partial charge in [-0.25, -0.2) is 9.97 Å². The van der Waals surface area contributed by atoms with Crippen molar-refractivity contribution in [1.29, 1.82) is 0 Å². The van der Waals surface area contributed by atoms with Crippen molar-refractivity contribution < 1.29 is 5.11 Å². The van der Waals surface area contributed by atoms with Gasteiger partial charge in [-0.05, 0) is 25.1 Å². The minimum absolute atomic E-state index is 0.223. The molecule has 0 aliphatic carbocycles. The first-order chi connectivity index (χ1) is 12.8. The van der Waals surface area contributed by atoms with Crippen molar-refractivity contribution in [2.45, 2.75) is 12.8 Å². The normalized spacial score (nSPS) is 18.4. The Morgan fingerprint density at radius 3 is 2.54 bits per heavy atom. The van der Waals surface area contributed by atoms with Crippen LogP contribution in [-0.4, -0.2) is 77.4 Å². The Balaban J connectivity index is 1.68. The third-order valence-electron chi connectivity index (χ3n) is 5.19. The zero-order valence-electron chi connectivity index (χ0n) is 15.1. The van der Waals surface area contributed by atoms with Gasteiger partial charge in [0.05, 0.1) is 12.3 Å². The topological polar surface area (TPSA) is 77.4 Å². The number of hydrogen-bond acceptors (Lipinski definition) is 7. The molecule has 0 unspecified atom stereocenters. The van der Waals surface area contributed by atoms with E-state index in [0.29, 0.717) is 0 Å². The van der Waals surface area contributed by atoms with Gasteiger partial charge in [0.25, 0.3) is 0 Å². The summed E-state index contributed by atoms with van der Waals surface area (Å²) in [5, 5.41) is 12.6. The summed E-state index contributed by atoms with van der Waals surface area (Å²) in [7, 11) is 0. The van der Waals surface area contributed by atoms with Crippen molar-refractivity contribution in [3.63, 3.8) is 0 Å². The van der Waals surface area contributed by atoms with Crippen LogP contribution in [0.2, 0.25) is 0 Å². The Morgan fingerprint density at radius 1 is 1.00 bits per heavy atom. The number of anilines is 1. The van der Waals surface area contributed by atoms with E-state index >= 15 is 0 Å². The zero-order valence-corrected chi connectivity index (χ0v) is 15.1. The summed E-state index contributed by atoms with van der Waals surface area (Å²) in [6.45, 7) is 6.71. The van der Waals surface area contributed by atoms with Crippen molar-refractivity contribution in [1.82, 2.24) is 25.2 Å². The molecule has 0 radical (unpaired) electrons. The van der Waals surface area contributed by atoms with Crippen molar-refractivity contribution in [2.75, 3.05) is 57.3 Å². The minimum atomic E-state index is 0.223. The van der Waals surface area contributed by atoms with Crippen LogP contribution in [0.15, 0.2) is 24.5 Å². The molecule has 4 rings (SSSR count). The van der Waals surface area contributed by atoms with Crippen LogP contribution >= 0.6 is 0 Å². The van der Waals surface area contributed by atoms with Crippen LogP contribution in [-0.2, 0) is 12.8 Å². The van der Waals surface area contributed by atoms with Gasteiger partial charge in [0.15, 0.2) is 5.82 Å². The van der Waals surface area contributed by atoms with E-state index in [4.69, 9.17) is 15.1 Å². The molecule has 0 atom stereocenters. The molecule has 0 bridgehead atoms. The second kappa shape index (κ2) is 8.07. The highest BCUT2D eigenvalue weighted by Gasteiger charge is 2.24. The van der Waals surface area contributed by atoms with E-state index in [9.17, 15) is 0 Å². The summed E-state index contributed by atoms with van der Waals surface area (Å²) in [5.74, 6) is 1.88. The first-order valence-corrected chi connectivity index (χ1v) is 9.44. The lowest BCUT2D eigenvalue weighted by molar-refractivity contribution is 0.188. The van der Waals surface area contributed by atoms with Crippen molar-refractivity contribution in [2.24, 2.45) is 0 Å². The maximum Gasteiger partial charge on any atom is 0.161 e. The van der Waals surface area contributed by atoms with Crippen LogP contribution in [0.1, 0.15) is 11.3 Å². The van der Waals surface area contributed by atoms with Crippen LogP contribution < -0.4 is 10.2 Å². The van der Waals surface area contributed by atoms with Crippen LogP contribution in [0.25, 0.3) is 11.4 Å². The molecule has 7 heteroatoms. The molecule has 1 saturated heterocycles.